The van der Waals surface area contributed by atoms with Crippen LogP contribution in [0, 0.1) is 6.92 Å². The van der Waals surface area contributed by atoms with Crippen molar-refractivity contribution in [3.05, 3.63) is 65.7 Å². The van der Waals surface area contributed by atoms with Crippen LogP contribution in [0.5, 0.6) is 0 Å². The highest BCUT2D eigenvalue weighted by Crippen LogP contribution is 2.25. The minimum Gasteiger partial charge on any atom is -0.341 e. The second-order valence-corrected chi connectivity index (χ2v) is 8.79. The van der Waals surface area contributed by atoms with E-state index in [4.69, 9.17) is 4.98 Å². The lowest BCUT2D eigenvalue weighted by molar-refractivity contribution is 0.593. The number of nitrogens with zero attached hydrogens (tertiary/aromatic N) is 3. The summed E-state index contributed by atoms with van der Waals surface area (Å²) in [7, 11) is -3.18. The zero-order valence-corrected chi connectivity index (χ0v) is 16.3. The highest BCUT2D eigenvalue weighted by Gasteiger charge is 2.12. The van der Waals surface area contributed by atoms with Crippen LogP contribution in [0.3, 0.4) is 0 Å². The topological polar surface area (TPSA) is 64.8 Å². The molecule has 3 rings (SSSR count). The van der Waals surface area contributed by atoms with E-state index in [1.54, 1.807) is 18.3 Å². The van der Waals surface area contributed by atoms with Crippen LogP contribution in [0.15, 0.2) is 53.6 Å². The molecule has 0 aliphatic heterocycles. The van der Waals surface area contributed by atoms with E-state index in [-0.39, 0.29) is 0 Å². The summed E-state index contributed by atoms with van der Waals surface area (Å²) >= 11 is 0. The predicted molar refractivity (Wildman–Crippen MR) is 103 cm³/mol. The van der Waals surface area contributed by atoms with Crippen molar-refractivity contribution in [2.75, 3.05) is 6.26 Å². The molecule has 0 saturated carbocycles. The molecule has 1 aromatic carbocycles. The lowest BCUT2D eigenvalue weighted by Gasteiger charge is -2.15. The lowest BCUT2D eigenvalue weighted by atomic mass is 10.1. The van der Waals surface area contributed by atoms with Crippen molar-refractivity contribution in [3.8, 4) is 11.4 Å². The molecule has 2 aromatic heterocycles. The Bertz CT molecular complexity index is 1020. The van der Waals surface area contributed by atoms with Crippen LogP contribution in [0.25, 0.3) is 11.4 Å². The van der Waals surface area contributed by atoms with Crippen LogP contribution >= 0.6 is 0 Å². The van der Waals surface area contributed by atoms with Crippen LogP contribution in [-0.2, 0) is 16.3 Å². The summed E-state index contributed by atoms with van der Waals surface area (Å²) in [6.45, 7) is 6.40. The molecule has 26 heavy (non-hydrogen) atoms. The molecule has 0 atom stereocenters. The molecule has 136 valence electrons. The summed E-state index contributed by atoms with van der Waals surface area (Å²) in [5.41, 5.74) is 4.15. The number of hydrogen-bond donors (Lipinski definition) is 0. The first-order valence-electron chi connectivity index (χ1n) is 8.55. The van der Waals surface area contributed by atoms with Gasteiger partial charge >= 0.3 is 0 Å². The molecule has 0 fully saturated rings. The Kier molecular flexibility index (Phi) is 4.96. The highest BCUT2D eigenvalue weighted by atomic mass is 32.2. The maximum atomic E-state index is 11.6. The molecule has 6 heteroatoms. The van der Waals surface area contributed by atoms with Gasteiger partial charge in [0.2, 0.25) is 0 Å². The Balaban J connectivity index is 1.89. The van der Waals surface area contributed by atoms with Gasteiger partial charge < -0.3 is 4.57 Å². The third kappa shape index (κ3) is 3.85. The van der Waals surface area contributed by atoms with Crippen molar-refractivity contribution in [2.45, 2.75) is 38.1 Å². The summed E-state index contributed by atoms with van der Waals surface area (Å²) in [5, 5.41) is 0. The van der Waals surface area contributed by atoms with Gasteiger partial charge in [-0.25, -0.2) is 18.4 Å². The van der Waals surface area contributed by atoms with E-state index >= 15 is 0 Å². The normalized spacial score (nSPS) is 11.9. The standard InChI is InChI=1S/C20H23N3O2S/c1-14(2)23-15(3)5-10-19(23)18-11-12-21-20(22-18)13-16-6-8-17(9-7-16)26(4,24)25/h5-12,14H,13H2,1-4H3. The van der Waals surface area contributed by atoms with Crippen LogP contribution in [0.4, 0.5) is 0 Å². The average Bonchev–Trinajstić information content (AvgIpc) is 2.97. The van der Waals surface area contributed by atoms with Gasteiger partial charge in [0.25, 0.3) is 0 Å². The minimum absolute atomic E-state index is 0.321. The summed E-state index contributed by atoms with van der Waals surface area (Å²) in [5.74, 6) is 0.712. The van der Waals surface area contributed by atoms with E-state index in [1.165, 1.54) is 11.9 Å². The molecule has 0 bridgehead atoms. The summed E-state index contributed by atoms with van der Waals surface area (Å²) < 4.78 is 25.4. The second-order valence-electron chi connectivity index (χ2n) is 6.77. The van der Waals surface area contributed by atoms with E-state index < -0.39 is 9.84 Å². The predicted octanol–water partition coefficient (Wildman–Crippen LogP) is 3.83. The van der Waals surface area contributed by atoms with E-state index in [0.29, 0.717) is 23.2 Å². The second kappa shape index (κ2) is 7.03. The first kappa shape index (κ1) is 18.3. The van der Waals surface area contributed by atoms with Gasteiger partial charge in [0.05, 0.1) is 16.3 Å². The number of rotatable bonds is 5. The average molecular weight is 369 g/mol. The maximum absolute atomic E-state index is 11.6. The minimum atomic E-state index is -3.18. The Morgan fingerprint density at radius 1 is 1.04 bits per heavy atom. The number of aromatic nitrogens is 3. The highest BCUT2D eigenvalue weighted by molar-refractivity contribution is 7.90. The van der Waals surface area contributed by atoms with Crippen molar-refractivity contribution in [3.63, 3.8) is 0 Å². The van der Waals surface area contributed by atoms with Crippen molar-refractivity contribution in [2.24, 2.45) is 0 Å². The molecule has 3 aromatic rings. The Morgan fingerprint density at radius 2 is 1.73 bits per heavy atom. The molecule has 0 saturated heterocycles. The smallest absolute Gasteiger partial charge is 0.175 e. The van der Waals surface area contributed by atoms with Gasteiger partial charge in [-0.05, 0) is 56.7 Å². The van der Waals surface area contributed by atoms with Crippen LogP contribution in [0.1, 0.15) is 37.0 Å². The molecular weight excluding hydrogens is 346 g/mol. The van der Waals surface area contributed by atoms with Gasteiger partial charge in [0.15, 0.2) is 9.84 Å². The molecule has 0 aliphatic rings. The van der Waals surface area contributed by atoms with Gasteiger partial charge in [0, 0.05) is 30.6 Å². The molecule has 5 nitrogen and oxygen atoms in total. The van der Waals surface area contributed by atoms with Crippen LogP contribution in [-0.4, -0.2) is 29.2 Å². The van der Waals surface area contributed by atoms with Gasteiger partial charge in [-0.3, -0.25) is 0 Å². The van der Waals surface area contributed by atoms with Gasteiger partial charge in [-0.1, -0.05) is 12.1 Å². The SMILES string of the molecule is Cc1ccc(-c2ccnc(Cc3ccc(S(C)(=O)=O)cc3)n2)n1C(C)C. The van der Waals surface area contributed by atoms with Crippen LogP contribution < -0.4 is 0 Å². The zero-order valence-electron chi connectivity index (χ0n) is 15.5. The van der Waals surface area contributed by atoms with Crippen molar-refractivity contribution < 1.29 is 8.42 Å². The molecule has 0 spiro atoms. The molecule has 0 aliphatic carbocycles. The van der Waals surface area contributed by atoms with Crippen molar-refractivity contribution in [1.29, 1.82) is 0 Å². The molecule has 0 unspecified atom stereocenters. The van der Waals surface area contributed by atoms with Gasteiger partial charge in [-0.15, -0.1) is 0 Å². The monoisotopic (exact) mass is 369 g/mol. The first-order chi connectivity index (χ1) is 12.3. The van der Waals surface area contributed by atoms with Gasteiger partial charge in [-0.2, -0.15) is 0 Å². The lowest BCUT2D eigenvalue weighted by Crippen LogP contribution is -2.06. The third-order valence-corrected chi connectivity index (χ3v) is 5.45. The summed E-state index contributed by atoms with van der Waals surface area (Å²) in [6.07, 6.45) is 3.54. The largest absolute Gasteiger partial charge is 0.341 e. The molecular formula is C20H23N3O2S. The molecule has 2 heterocycles. The van der Waals surface area contributed by atoms with E-state index in [9.17, 15) is 8.42 Å². The summed E-state index contributed by atoms with van der Waals surface area (Å²) in [6, 6.07) is 13.3. The molecule has 0 radical (unpaired) electrons. The maximum Gasteiger partial charge on any atom is 0.175 e. The van der Waals surface area contributed by atoms with E-state index in [2.05, 4.69) is 42.5 Å². The fourth-order valence-corrected chi connectivity index (χ4v) is 3.74. The molecule has 0 amide bonds. The van der Waals surface area contributed by atoms with E-state index in [0.717, 1.165) is 17.0 Å². The number of benzene rings is 1. The van der Waals surface area contributed by atoms with Crippen molar-refractivity contribution in [1.82, 2.24) is 14.5 Å². The van der Waals surface area contributed by atoms with Crippen molar-refractivity contribution >= 4 is 9.84 Å². The fraction of sp³-hybridized carbons (Fsp3) is 0.300. The quantitative estimate of drug-likeness (QED) is 0.686. The summed E-state index contributed by atoms with van der Waals surface area (Å²) in [4.78, 5) is 9.41. The van der Waals surface area contributed by atoms with E-state index in [1.807, 2.05) is 18.2 Å². The Hall–Kier alpha value is -2.47. The fourth-order valence-electron chi connectivity index (χ4n) is 3.11. The molecule has 0 N–H and O–H groups in total. The Morgan fingerprint density at radius 3 is 2.35 bits per heavy atom. The number of hydrogen-bond acceptors (Lipinski definition) is 4. The first-order valence-corrected chi connectivity index (χ1v) is 10.4. The van der Waals surface area contributed by atoms with Gasteiger partial charge in [0.1, 0.15) is 5.82 Å². The number of aryl methyl sites for hydroxylation is 1. The number of sulfone groups is 1. The Labute approximate surface area is 154 Å². The van der Waals surface area contributed by atoms with Crippen LogP contribution in [0.2, 0.25) is 0 Å². The zero-order chi connectivity index (χ0) is 18.9. The third-order valence-electron chi connectivity index (χ3n) is 4.32.